The van der Waals surface area contributed by atoms with Gasteiger partial charge in [0.25, 0.3) is 0 Å². The summed E-state index contributed by atoms with van der Waals surface area (Å²) < 4.78 is 62.4. The third-order valence-corrected chi connectivity index (χ3v) is 7.15. The molecular weight excluding hydrogens is 684 g/mol. The molecule has 0 radical (unpaired) electrons. The van der Waals surface area contributed by atoms with E-state index in [1.165, 1.54) is 0 Å². The summed E-state index contributed by atoms with van der Waals surface area (Å²) >= 11 is 0. The molecule has 18 heteroatoms. The molecule has 0 aromatic heterocycles. The van der Waals surface area contributed by atoms with Crippen molar-refractivity contribution in [3.05, 3.63) is 35.9 Å². The van der Waals surface area contributed by atoms with Gasteiger partial charge in [0.1, 0.15) is 31.5 Å². The maximum Gasteiger partial charge on any atom is 0.305 e. The van der Waals surface area contributed by atoms with Crippen molar-refractivity contribution in [1.82, 2.24) is 0 Å². The van der Waals surface area contributed by atoms with E-state index in [4.69, 9.17) is 52.1 Å². The predicted molar refractivity (Wildman–Crippen MR) is 164 cm³/mol. The fourth-order valence-corrected chi connectivity index (χ4v) is 5.36. The summed E-state index contributed by atoms with van der Waals surface area (Å²) in [4.78, 5) is 85.3. The van der Waals surface area contributed by atoms with Crippen LogP contribution in [-0.2, 0) is 92.3 Å². The molecule has 2 aliphatic rings. The lowest BCUT2D eigenvalue weighted by molar-refractivity contribution is -0.366. The molecule has 0 N–H and O–H groups in total. The maximum absolute atomic E-state index is 12.5. The molecule has 2 aliphatic heterocycles. The second-order valence-electron chi connectivity index (χ2n) is 11.5. The first-order valence-corrected chi connectivity index (χ1v) is 15.8. The highest BCUT2D eigenvalue weighted by atomic mass is 16.8. The molecule has 0 aliphatic carbocycles. The molecule has 18 nitrogen and oxygen atoms in total. The normalized spacial score (nSPS) is 28.7. The molecule has 1 aromatic rings. The molecule has 2 fully saturated rings. The monoisotopic (exact) mass is 726 g/mol. The highest BCUT2D eigenvalue weighted by molar-refractivity contribution is 5.69. The first kappa shape index (κ1) is 40.8. The lowest BCUT2D eigenvalue weighted by Crippen LogP contribution is -2.67. The van der Waals surface area contributed by atoms with Gasteiger partial charge in [-0.3, -0.25) is 33.6 Å². The number of rotatable bonds is 14. The number of hydrogen-bond donors (Lipinski definition) is 0. The molecule has 3 rings (SSSR count). The van der Waals surface area contributed by atoms with Crippen LogP contribution in [0.4, 0.5) is 0 Å². The Bertz CT molecular complexity index is 1400. The van der Waals surface area contributed by atoms with Gasteiger partial charge in [-0.15, -0.1) is 0 Å². The van der Waals surface area contributed by atoms with Crippen LogP contribution in [0.15, 0.2) is 30.3 Å². The van der Waals surface area contributed by atoms with E-state index < -0.39 is 116 Å². The van der Waals surface area contributed by atoms with Gasteiger partial charge in [-0.05, 0) is 5.56 Å². The number of hydrogen-bond acceptors (Lipinski definition) is 18. The van der Waals surface area contributed by atoms with Gasteiger partial charge in [0, 0.05) is 48.5 Å². The summed E-state index contributed by atoms with van der Waals surface area (Å²) in [6, 6.07) is 8.80. The van der Waals surface area contributed by atoms with Gasteiger partial charge in [0.15, 0.2) is 36.8 Å². The SMILES string of the molecule is CC(=O)OC[C@H]1O[C@H](OC(C)=O)[C@H](O[C@@H]2O[C@H](COC(C)=O)[C@@H](OC(C)=O)[C@@H](OCc3ccccc3)[C@@H]2OC(C)=O)[C@H](OC(C)=O)[C@H]1OC(C)=O. The fourth-order valence-electron chi connectivity index (χ4n) is 5.36. The Balaban J connectivity index is 2.15. The standard InChI is InChI=1S/C33H42O18/c1-16(34)41-14-24-26(44-18(3)36)28(43-13-23-11-9-8-10-12-23)30(47-21(6)39)33(50-24)51-31-29(46-20(5)38)27(45-19(4)37)25(15-42-17(2)35)49-32(31)48-22(7)40/h8-12,24-33H,13-15H2,1-7H3/t24-,25-,26-,27+,28-,29-,30+,31-,32+,33+/m1/s1. The van der Waals surface area contributed by atoms with Crippen molar-refractivity contribution < 1.29 is 85.7 Å². The molecule has 282 valence electrons. The van der Waals surface area contributed by atoms with Crippen molar-refractivity contribution in [2.24, 2.45) is 0 Å². The number of carbonyl (C=O) groups excluding carboxylic acids is 7. The summed E-state index contributed by atoms with van der Waals surface area (Å²) in [6.07, 6.45) is -15.3. The largest absolute Gasteiger partial charge is 0.463 e. The molecule has 2 heterocycles. The zero-order chi connectivity index (χ0) is 37.8. The molecule has 0 saturated carbocycles. The van der Waals surface area contributed by atoms with E-state index in [-0.39, 0.29) is 6.61 Å². The smallest absolute Gasteiger partial charge is 0.305 e. The summed E-state index contributed by atoms with van der Waals surface area (Å²) in [5.74, 6) is -5.71. The van der Waals surface area contributed by atoms with Crippen LogP contribution < -0.4 is 0 Å². The second-order valence-corrected chi connectivity index (χ2v) is 11.5. The molecule has 10 atom stereocenters. The second kappa shape index (κ2) is 19.1. The molecule has 0 amide bonds. The number of benzene rings is 1. The van der Waals surface area contributed by atoms with Crippen LogP contribution in [0.5, 0.6) is 0 Å². The highest BCUT2D eigenvalue weighted by Gasteiger charge is 2.57. The minimum absolute atomic E-state index is 0.0981. The lowest BCUT2D eigenvalue weighted by Gasteiger charge is -2.48. The topological polar surface area (TPSA) is 221 Å². The van der Waals surface area contributed by atoms with Gasteiger partial charge < -0.3 is 52.1 Å². The number of esters is 7. The van der Waals surface area contributed by atoms with E-state index >= 15 is 0 Å². The average Bonchev–Trinajstić information content (AvgIpc) is 3.02. The van der Waals surface area contributed by atoms with E-state index in [2.05, 4.69) is 0 Å². The van der Waals surface area contributed by atoms with E-state index in [1.807, 2.05) is 0 Å². The van der Waals surface area contributed by atoms with Gasteiger partial charge in [0.2, 0.25) is 6.29 Å². The molecule has 1 aromatic carbocycles. The van der Waals surface area contributed by atoms with Crippen molar-refractivity contribution in [3.8, 4) is 0 Å². The van der Waals surface area contributed by atoms with Crippen LogP contribution in [0.3, 0.4) is 0 Å². The molecule has 2 saturated heterocycles. The van der Waals surface area contributed by atoms with E-state index in [9.17, 15) is 33.6 Å². The van der Waals surface area contributed by atoms with Crippen LogP contribution >= 0.6 is 0 Å². The molecule has 51 heavy (non-hydrogen) atoms. The Morgan fingerprint density at radius 3 is 1.39 bits per heavy atom. The van der Waals surface area contributed by atoms with Gasteiger partial charge in [-0.25, -0.2) is 0 Å². The van der Waals surface area contributed by atoms with E-state index in [0.717, 1.165) is 48.5 Å². The van der Waals surface area contributed by atoms with Crippen LogP contribution in [0.2, 0.25) is 0 Å². The third kappa shape index (κ3) is 12.6. The summed E-state index contributed by atoms with van der Waals surface area (Å²) in [5, 5.41) is 0. The minimum Gasteiger partial charge on any atom is -0.463 e. The lowest BCUT2D eigenvalue weighted by atomic mass is 9.96. The van der Waals surface area contributed by atoms with Crippen LogP contribution in [0.25, 0.3) is 0 Å². The summed E-state index contributed by atoms with van der Waals surface area (Å²) in [5.41, 5.74) is 0.676. The maximum atomic E-state index is 12.5. The van der Waals surface area contributed by atoms with Crippen molar-refractivity contribution in [1.29, 1.82) is 0 Å². The minimum atomic E-state index is -1.75. The van der Waals surface area contributed by atoms with E-state index in [0.29, 0.717) is 5.56 Å². The Labute approximate surface area is 293 Å². The Hall–Kier alpha value is -4.65. The molecule has 0 bridgehead atoms. The highest BCUT2D eigenvalue weighted by Crippen LogP contribution is 2.36. The number of carbonyl (C=O) groups is 7. The Kier molecular flexibility index (Phi) is 15.3. The number of ether oxygens (including phenoxy) is 11. The Morgan fingerprint density at radius 2 is 0.922 bits per heavy atom. The average molecular weight is 727 g/mol. The third-order valence-electron chi connectivity index (χ3n) is 7.15. The van der Waals surface area contributed by atoms with Gasteiger partial charge in [0.05, 0.1) is 6.61 Å². The van der Waals surface area contributed by atoms with Gasteiger partial charge >= 0.3 is 41.8 Å². The van der Waals surface area contributed by atoms with Gasteiger partial charge in [-0.1, -0.05) is 30.3 Å². The van der Waals surface area contributed by atoms with Gasteiger partial charge in [-0.2, -0.15) is 0 Å². The van der Waals surface area contributed by atoms with Crippen molar-refractivity contribution >= 4 is 41.8 Å². The quantitative estimate of drug-likeness (QED) is 0.191. The Morgan fingerprint density at radius 1 is 0.490 bits per heavy atom. The summed E-state index contributed by atoms with van der Waals surface area (Å²) in [6.45, 7) is 6.47. The van der Waals surface area contributed by atoms with E-state index in [1.54, 1.807) is 30.3 Å². The van der Waals surface area contributed by atoms with Crippen LogP contribution in [0, 0.1) is 0 Å². The molecule has 0 unspecified atom stereocenters. The molecule has 0 spiro atoms. The predicted octanol–water partition coefficient (Wildman–Crippen LogP) is 0.823. The molecular formula is C33H42O18. The zero-order valence-corrected chi connectivity index (χ0v) is 29.1. The van der Waals surface area contributed by atoms with Crippen LogP contribution in [0.1, 0.15) is 54.0 Å². The van der Waals surface area contributed by atoms with Crippen molar-refractivity contribution in [2.75, 3.05) is 13.2 Å². The van der Waals surface area contributed by atoms with Crippen molar-refractivity contribution in [2.45, 2.75) is 116 Å². The fraction of sp³-hybridized carbons (Fsp3) is 0.606. The first-order valence-electron chi connectivity index (χ1n) is 15.8. The van der Waals surface area contributed by atoms with Crippen LogP contribution in [-0.4, -0.2) is 116 Å². The zero-order valence-electron chi connectivity index (χ0n) is 29.1. The first-order chi connectivity index (χ1) is 24.0. The summed E-state index contributed by atoms with van der Waals surface area (Å²) in [7, 11) is 0. The van der Waals surface area contributed by atoms with Crippen molar-refractivity contribution in [3.63, 3.8) is 0 Å².